The molecule has 0 bridgehead atoms. The van der Waals surface area contributed by atoms with Gasteiger partial charge in [0.2, 0.25) is 0 Å². The Hall–Kier alpha value is -5.13. The Morgan fingerprint density at radius 1 is 0.723 bits per heavy atom. The summed E-state index contributed by atoms with van der Waals surface area (Å²) in [6.07, 6.45) is 4.68. The fourth-order valence-electron chi connectivity index (χ4n) is 7.18. The number of hydrogen-bond acceptors (Lipinski definition) is 18. The average molecular weight is 915 g/mol. The van der Waals surface area contributed by atoms with Gasteiger partial charge in [0.1, 0.15) is 54.1 Å². The molecule has 2 aliphatic heterocycles. The highest BCUT2D eigenvalue weighted by molar-refractivity contribution is 5.96. The lowest BCUT2D eigenvalue weighted by Crippen LogP contribution is -2.46. The first-order valence-electron chi connectivity index (χ1n) is 22.0. The van der Waals surface area contributed by atoms with Crippen molar-refractivity contribution in [2.45, 2.75) is 150 Å². The zero-order valence-electron chi connectivity index (χ0n) is 39.6. The van der Waals surface area contributed by atoms with Gasteiger partial charge in [-0.2, -0.15) is 0 Å². The van der Waals surface area contributed by atoms with Crippen LogP contribution in [-0.4, -0.2) is 145 Å². The number of imidazole rings is 2. The standard InChI is InChI=1S/C24H37N5O7.C19H29N5O5/c1-8-32-11-17-16(33-9-2)10-18(35-17)29-14-27-19-20(25-13-26-21(19)29)28(12-24(6,7)34-15-30)22(31)36-23(3,4)5;1-6-26-9-13-12(27-7-2)8-14(28-13)24-11-22-15-16(20-10-21-17(15)24)23-18(25)29-19(3,4)5/h13-18H,8-12H2,1-7H3;10-14H,6-9H2,1-5H3,(H,20,21,23,25)/t16-,17-,18-;12-,13-,14-/m11/s1. The summed E-state index contributed by atoms with van der Waals surface area (Å²) in [6, 6.07) is 0. The molecule has 0 aromatic carbocycles. The Kier molecular flexibility index (Phi) is 17.5. The van der Waals surface area contributed by atoms with Gasteiger partial charge in [-0.3, -0.25) is 24.1 Å². The highest BCUT2D eigenvalue weighted by Gasteiger charge is 2.40. The number of fused-ring (bicyclic) bond motifs is 2. The quantitative estimate of drug-likeness (QED) is 0.0870. The highest BCUT2D eigenvalue weighted by atomic mass is 16.6. The molecule has 0 unspecified atom stereocenters. The third kappa shape index (κ3) is 13.7. The van der Waals surface area contributed by atoms with Crippen molar-refractivity contribution in [1.29, 1.82) is 0 Å². The van der Waals surface area contributed by atoms with E-state index in [0.717, 1.165) is 0 Å². The first kappa shape index (κ1) is 50.9. The Balaban J connectivity index is 0.000000250. The third-order valence-corrected chi connectivity index (χ3v) is 9.81. The van der Waals surface area contributed by atoms with E-state index >= 15 is 0 Å². The molecule has 0 saturated carbocycles. The van der Waals surface area contributed by atoms with Crippen molar-refractivity contribution in [3.05, 3.63) is 25.3 Å². The van der Waals surface area contributed by atoms with Gasteiger partial charge < -0.3 is 42.6 Å². The number of nitrogens with one attached hydrogen (secondary N) is 1. The summed E-state index contributed by atoms with van der Waals surface area (Å²) < 4.78 is 55.0. The molecule has 6 atom stereocenters. The molecule has 22 nitrogen and oxygen atoms in total. The molecule has 22 heteroatoms. The molecule has 2 amide bonds. The summed E-state index contributed by atoms with van der Waals surface area (Å²) >= 11 is 0. The van der Waals surface area contributed by atoms with E-state index < -0.39 is 29.0 Å². The number of rotatable bonds is 18. The van der Waals surface area contributed by atoms with E-state index in [1.807, 2.05) is 32.3 Å². The predicted octanol–water partition coefficient (Wildman–Crippen LogP) is 6.15. The minimum atomic E-state index is -1.01. The number of hydrogen-bond donors (Lipinski definition) is 1. The summed E-state index contributed by atoms with van der Waals surface area (Å²) in [7, 11) is 0. The predicted molar refractivity (Wildman–Crippen MR) is 236 cm³/mol. The Morgan fingerprint density at radius 3 is 1.72 bits per heavy atom. The number of nitrogens with zero attached hydrogens (tertiary/aromatic N) is 9. The van der Waals surface area contributed by atoms with E-state index in [0.29, 0.717) is 81.3 Å². The van der Waals surface area contributed by atoms with Crippen LogP contribution in [-0.2, 0) is 47.4 Å². The fourth-order valence-corrected chi connectivity index (χ4v) is 7.18. The zero-order valence-corrected chi connectivity index (χ0v) is 39.6. The number of anilines is 2. The summed E-state index contributed by atoms with van der Waals surface area (Å²) in [5, 5.41) is 2.64. The molecule has 6 rings (SSSR count). The molecule has 0 spiro atoms. The highest BCUT2D eigenvalue weighted by Crippen LogP contribution is 2.36. The second kappa shape index (κ2) is 22.4. The fraction of sp³-hybridized carbons (Fsp3) is 0.698. The van der Waals surface area contributed by atoms with Gasteiger partial charge in [-0.05, 0) is 83.1 Å². The summed E-state index contributed by atoms with van der Waals surface area (Å²) in [5.74, 6) is 0.522. The molecule has 2 fully saturated rings. The minimum absolute atomic E-state index is 0.0115. The number of amides is 2. The van der Waals surface area contributed by atoms with Crippen LogP contribution >= 0.6 is 0 Å². The smallest absolute Gasteiger partial charge is 0.416 e. The maximum atomic E-state index is 13.2. The SMILES string of the molecule is CCOC[C@H]1O[C@@H](n2cnc3c(N(CC(C)(C)OC=O)C(=O)OC(C)(C)C)ncnc32)C[C@H]1OCC.CCOC[C@H]1O[C@@H](n2cnc3c(NC(=O)OC(C)(C)C)ncnc32)C[C@H]1OCC. The normalized spacial score (nSPS) is 21.2. The van der Waals surface area contributed by atoms with Crippen LogP contribution in [0.2, 0.25) is 0 Å². The van der Waals surface area contributed by atoms with E-state index in [1.165, 1.54) is 17.6 Å². The molecule has 1 N–H and O–H groups in total. The van der Waals surface area contributed by atoms with E-state index in [1.54, 1.807) is 72.6 Å². The number of carbonyl (C=O) groups is 3. The van der Waals surface area contributed by atoms with E-state index in [-0.39, 0.29) is 55.1 Å². The van der Waals surface area contributed by atoms with E-state index in [4.69, 9.17) is 42.6 Å². The van der Waals surface area contributed by atoms with Crippen molar-refractivity contribution < 1.29 is 57.0 Å². The molecular weight excluding hydrogens is 849 g/mol. The molecule has 0 radical (unpaired) electrons. The molecular formula is C43H66N10O12. The maximum absolute atomic E-state index is 13.2. The van der Waals surface area contributed by atoms with Crippen molar-refractivity contribution >= 4 is 52.6 Å². The Bertz CT molecular complexity index is 2170. The number of aromatic nitrogens is 8. The zero-order chi connectivity index (χ0) is 47.5. The maximum Gasteiger partial charge on any atom is 0.416 e. The van der Waals surface area contributed by atoms with Crippen LogP contribution in [0.1, 0.15) is 108 Å². The second-order valence-corrected chi connectivity index (χ2v) is 17.8. The van der Waals surface area contributed by atoms with E-state index in [9.17, 15) is 14.4 Å². The van der Waals surface area contributed by atoms with Crippen molar-refractivity contribution in [2.75, 3.05) is 56.4 Å². The van der Waals surface area contributed by atoms with Crippen molar-refractivity contribution in [3.63, 3.8) is 0 Å². The Morgan fingerprint density at radius 2 is 1.23 bits per heavy atom. The van der Waals surface area contributed by atoms with Crippen LogP contribution in [0.4, 0.5) is 21.2 Å². The van der Waals surface area contributed by atoms with Gasteiger partial charge in [0, 0.05) is 39.3 Å². The van der Waals surface area contributed by atoms with Crippen LogP contribution in [0.5, 0.6) is 0 Å². The van der Waals surface area contributed by atoms with Crippen LogP contribution < -0.4 is 10.2 Å². The van der Waals surface area contributed by atoms with Gasteiger partial charge in [0.05, 0.1) is 44.6 Å². The minimum Gasteiger partial charge on any atom is -0.460 e. The van der Waals surface area contributed by atoms with Crippen LogP contribution in [0.25, 0.3) is 22.3 Å². The summed E-state index contributed by atoms with van der Waals surface area (Å²) in [5.41, 5.74) is -0.485. The van der Waals surface area contributed by atoms with Crippen LogP contribution in [0, 0.1) is 0 Å². The first-order chi connectivity index (χ1) is 30.8. The lowest BCUT2D eigenvalue weighted by molar-refractivity contribution is -0.139. The topological polar surface area (TPSA) is 237 Å². The van der Waals surface area contributed by atoms with Crippen LogP contribution in [0.15, 0.2) is 25.3 Å². The second-order valence-electron chi connectivity index (χ2n) is 17.8. The molecule has 0 aliphatic carbocycles. The molecule has 65 heavy (non-hydrogen) atoms. The summed E-state index contributed by atoms with van der Waals surface area (Å²) in [4.78, 5) is 63.8. The molecule has 6 heterocycles. The molecule has 2 aliphatic rings. The van der Waals surface area contributed by atoms with Crippen molar-refractivity contribution in [2.24, 2.45) is 0 Å². The van der Waals surface area contributed by atoms with Crippen molar-refractivity contribution in [1.82, 2.24) is 39.0 Å². The van der Waals surface area contributed by atoms with Gasteiger partial charge in [-0.15, -0.1) is 0 Å². The Labute approximate surface area is 379 Å². The summed E-state index contributed by atoms with van der Waals surface area (Å²) in [6.45, 7) is 25.4. The molecule has 2 saturated heterocycles. The van der Waals surface area contributed by atoms with Gasteiger partial charge in [-0.25, -0.2) is 39.5 Å². The largest absolute Gasteiger partial charge is 0.460 e. The number of ether oxygens (including phenoxy) is 9. The van der Waals surface area contributed by atoms with Gasteiger partial charge >= 0.3 is 12.2 Å². The van der Waals surface area contributed by atoms with Crippen molar-refractivity contribution in [3.8, 4) is 0 Å². The lowest BCUT2D eigenvalue weighted by Gasteiger charge is -2.32. The average Bonchev–Trinajstić information content (AvgIpc) is 4.03. The first-order valence-corrected chi connectivity index (χ1v) is 22.0. The molecule has 4 aromatic rings. The van der Waals surface area contributed by atoms with Gasteiger partial charge in [0.25, 0.3) is 6.47 Å². The lowest BCUT2D eigenvalue weighted by atomic mass is 10.1. The van der Waals surface area contributed by atoms with E-state index in [2.05, 4.69) is 35.2 Å². The molecule has 4 aromatic heterocycles. The molecule has 360 valence electrons. The number of carbonyl (C=O) groups excluding carboxylic acids is 3. The third-order valence-electron chi connectivity index (χ3n) is 9.81. The van der Waals surface area contributed by atoms with Gasteiger partial charge in [-0.1, -0.05) is 0 Å². The van der Waals surface area contributed by atoms with Crippen LogP contribution in [0.3, 0.4) is 0 Å². The monoisotopic (exact) mass is 914 g/mol. The van der Waals surface area contributed by atoms with Gasteiger partial charge in [0.15, 0.2) is 34.0 Å².